The summed E-state index contributed by atoms with van der Waals surface area (Å²) in [6.07, 6.45) is 13.1. The highest BCUT2D eigenvalue weighted by Crippen LogP contribution is 2.37. The van der Waals surface area contributed by atoms with Crippen LogP contribution < -0.4 is 5.56 Å². The van der Waals surface area contributed by atoms with Crippen molar-refractivity contribution in [3.05, 3.63) is 22.1 Å². The average molecular weight is 304 g/mol. The number of H-pyrrole nitrogens is 1. The molecule has 1 N–H and O–H groups in total. The fourth-order valence-corrected chi connectivity index (χ4v) is 4.86. The number of aromatic amines is 1. The van der Waals surface area contributed by atoms with Gasteiger partial charge in [-0.3, -0.25) is 9.89 Å². The second-order valence-electron chi connectivity index (χ2n) is 7.91. The SMILES string of the molecule is CC1CCCC(C)C1n1[nH]c(CCCC2CCCC2)cc1=O. The molecular formula is C19H32N2O. The second kappa shape index (κ2) is 7.06. The van der Waals surface area contributed by atoms with Gasteiger partial charge >= 0.3 is 0 Å². The van der Waals surface area contributed by atoms with Gasteiger partial charge in [0.15, 0.2) is 0 Å². The van der Waals surface area contributed by atoms with Gasteiger partial charge in [0.2, 0.25) is 0 Å². The van der Waals surface area contributed by atoms with Crippen LogP contribution in [-0.4, -0.2) is 9.78 Å². The second-order valence-corrected chi connectivity index (χ2v) is 7.91. The van der Waals surface area contributed by atoms with Gasteiger partial charge < -0.3 is 0 Å². The van der Waals surface area contributed by atoms with Crippen LogP contribution in [0.2, 0.25) is 0 Å². The molecule has 0 aromatic carbocycles. The Kier molecular flexibility index (Phi) is 5.10. The number of aryl methyl sites for hydroxylation is 1. The third-order valence-electron chi connectivity index (χ3n) is 6.12. The molecule has 0 aliphatic heterocycles. The Labute approximate surface area is 134 Å². The minimum absolute atomic E-state index is 0.182. The molecule has 124 valence electrons. The first-order valence-corrected chi connectivity index (χ1v) is 9.45. The molecule has 2 saturated carbocycles. The molecule has 1 heterocycles. The van der Waals surface area contributed by atoms with Crippen molar-refractivity contribution >= 4 is 0 Å². The Hall–Kier alpha value is -0.990. The van der Waals surface area contributed by atoms with E-state index in [4.69, 9.17) is 0 Å². The van der Waals surface area contributed by atoms with Gasteiger partial charge in [0.05, 0.1) is 6.04 Å². The maximum absolute atomic E-state index is 12.4. The zero-order valence-electron chi connectivity index (χ0n) is 14.3. The molecule has 22 heavy (non-hydrogen) atoms. The molecule has 0 bridgehead atoms. The molecule has 0 spiro atoms. The Morgan fingerprint density at radius 3 is 2.45 bits per heavy atom. The van der Waals surface area contributed by atoms with E-state index in [0.29, 0.717) is 17.9 Å². The van der Waals surface area contributed by atoms with Gasteiger partial charge in [-0.15, -0.1) is 0 Å². The van der Waals surface area contributed by atoms with Crippen LogP contribution in [0.4, 0.5) is 0 Å². The molecule has 1 aromatic rings. The molecule has 1 aromatic heterocycles. The normalized spacial score (nSPS) is 30.0. The van der Waals surface area contributed by atoms with Crippen LogP contribution in [0.1, 0.15) is 83.4 Å². The van der Waals surface area contributed by atoms with Crippen molar-refractivity contribution in [3.8, 4) is 0 Å². The average Bonchev–Trinajstić information content (AvgIpc) is 3.10. The molecule has 0 saturated heterocycles. The first-order valence-electron chi connectivity index (χ1n) is 9.45. The summed E-state index contributed by atoms with van der Waals surface area (Å²) in [6, 6.07) is 2.22. The van der Waals surface area contributed by atoms with E-state index in [-0.39, 0.29) is 5.56 Å². The highest BCUT2D eigenvalue weighted by Gasteiger charge is 2.30. The standard InChI is InChI=1S/C19H32N2O/c1-14-7-5-8-15(2)19(14)21-18(22)13-17(20-21)12-6-11-16-9-3-4-10-16/h13-16,19-20H,3-12H2,1-2H3. The predicted octanol–water partition coefficient (Wildman–Crippen LogP) is 4.69. The van der Waals surface area contributed by atoms with Crippen LogP contribution in [-0.2, 0) is 6.42 Å². The number of nitrogens with zero attached hydrogens (tertiary/aromatic N) is 1. The van der Waals surface area contributed by atoms with Crippen molar-refractivity contribution in [2.24, 2.45) is 17.8 Å². The summed E-state index contributed by atoms with van der Waals surface area (Å²) in [4.78, 5) is 12.4. The largest absolute Gasteiger partial charge is 0.299 e. The molecule has 2 unspecified atom stereocenters. The summed E-state index contributed by atoms with van der Waals surface area (Å²) in [5.74, 6) is 2.16. The van der Waals surface area contributed by atoms with E-state index in [0.717, 1.165) is 18.0 Å². The van der Waals surface area contributed by atoms with Crippen molar-refractivity contribution in [2.75, 3.05) is 0 Å². The lowest BCUT2D eigenvalue weighted by Crippen LogP contribution is -2.34. The number of hydrogen-bond acceptors (Lipinski definition) is 1. The van der Waals surface area contributed by atoms with E-state index in [1.807, 2.05) is 10.7 Å². The molecule has 3 heteroatoms. The first-order chi connectivity index (χ1) is 10.6. The molecule has 2 aliphatic carbocycles. The highest BCUT2D eigenvalue weighted by atomic mass is 16.1. The maximum Gasteiger partial charge on any atom is 0.266 e. The summed E-state index contributed by atoms with van der Waals surface area (Å²) in [6.45, 7) is 4.60. The van der Waals surface area contributed by atoms with Crippen LogP contribution in [0.5, 0.6) is 0 Å². The summed E-state index contributed by atoms with van der Waals surface area (Å²) in [7, 11) is 0. The van der Waals surface area contributed by atoms with Crippen molar-refractivity contribution < 1.29 is 0 Å². The van der Waals surface area contributed by atoms with E-state index in [2.05, 4.69) is 18.9 Å². The summed E-state index contributed by atoms with van der Waals surface area (Å²) in [5, 5.41) is 3.44. The van der Waals surface area contributed by atoms with Gasteiger partial charge in [0.25, 0.3) is 5.56 Å². The topological polar surface area (TPSA) is 37.8 Å². The molecule has 2 atom stereocenters. The molecule has 2 fully saturated rings. The molecule has 2 aliphatic rings. The lowest BCUT2D eigenvalue weighted by molar-refractivity contribution is 0.166. The zero-order valence-corrected chi connectivity index (χ0v) is 14.3. The lowest BCUT2D eigenvalue weighted by atomic mass is 9.79. The van der Waals surface area contributed by atoms with E-state index in [9.17, 15) is 4.79 Å². The predicted molar refractivity (Wildman–Crippen MR) is 91.2 cm³/mol. The molecule has 3 nitrogen and oxygen atoms in total. The van der Waals surface area contributed by atoms with Gasteiger partial charge in [0.1, 0.15) is 0 Å². The van der Waals surface area contributed by atoms with Crippen molar-refractivity contribution in [1.29, 1.82) is 0 Å². The van der Waals surface area contributed by atoms with Gasteiger partial charge in [0, 0.05) is 11.8 Å². The van der Waals surface area contributed by atoms with Crippen molar-refractivity contribution in [1.82, 2.24) is 9.78 Å². The van der Waals surface area contributed by atoms with E-state index >= 15 is 0 Å². The van der Waals surface area contributed by atoms with Gasteiger partial charge in [-0.1, -0.05) is 52.4 Å². The van der Waals surface area contributed by atoms with Crippen LogP contribution in [0.25, 0.3) is 0 Å². The number of nitrogens with one attached hydrogen (secondary N) is 1. The molecule has 0 radical (unpaired) electrons. The van der Waals surface area contributed by atoms with Gasteiger partial charge in [-0.25, -0.2) is 4.68 Å². The minimum Gasteiger partial charge on any atom is -0.299 e. The smallest absolute Gasteiger partial charge is 0.266 e. The Morgan fingerprint density at radius 2 is 1.77 bits per heavy atom. The summed E-state index contributed by atoms with van der Waals surface area (Å²) >= 11 is 0. The van der Waals surface area contributed by atoms with Crippen LogP contribution in [0, 0.1) is 17.8 Å². The Bertz CT molecular complexity index is 514. The monoisotopic (exact) mass is 304 g/mol. The molecule has 3 rings (SSSR count). The fourth-order valence-electron chi connectivity index (χ4n) is 4.86. The first kappa shape index (κ1) is 15.9. The molecular weight excluding hydrogens is 272 g/mol. The number of rotatable bonds is 5. The van der Waals surface area contributed by atoms with Gasteiger partial charge in [-0.2, -0.15) is 0 Å². The quantitative estimate of drug-likeness (QED) is 0.842. The Balaban J connectivity index is 1.61. The Morgan fingerprint density at radius 1 is 1.09 bits per heavy atom. The summed E-state index contributed by atoms with van der Waals surface area (Å²) in [5.41, 5.74) is 1.33. The van der Waals surface area contributed by atoms with Gasteiger partial charge in [-0.05, 0) is 43.4 Å². The van der Waals surface area contributed by atoms with E-state index in [1.54, 1.807) is 0 Å². The number of hydrogen-bond donors (Lipinski definition) is 1. The fraction of sp³-hybridized carbons (Fsp3) is 0.842. The molecule has 0 amide bonds. The van der Waals surface area contributed by atoms with Crippen molar-refractivity contribution in [2.45, 2.75) is 84.1 Å². The summed E-state index contributed by atoms with van der Waals surface area (Å²) < 4.78 is 1.94. The zero-order chi connectivity index (χ0) is 15.5. The third kappa shape index (κ3) is 3.49. The van der Waals surface area contributed by atoms with Crippen LogP contribution in [0.15, 0.2) is 10.9 Å². The van der Waals surface area contributed by atoms with Crippen molar-refractivity contribution in [3.63, 3.8) is 0 Å². The van der Waals surface area contributed by atoms with Crippen LogP contribution in [0.3, 0.4) is 0 Å². The maximum atomic E-state index is 12.4. The third-order valence-corrected chi connectivity index (χ3v) is 6.12. The lowest BCUT2D eigenvalue weighted by Gasteiger charge is -2.34. The highest BCUT2D eigenvalue weighted by molar-refractivity contribution is 5.02. The van der Waals surface area contributed by atoms with E-state index in [1.165, 1.54) is 57.8 Å². The minimum atomic E-state index is 0.182. The number of aromatic nitrogens is 2. The van der Waals surface area contributed by atoms with E-state index < -0.39 is 0 Å². The van der Waals surface area contributed by atoms with Crippen LogP contribution >= 0.6 is 0 Å².